The molecule has 0 amide bonds. The first-order valence-corrected chi connectivity index (χ1v) is 5.54. The van der Waals surface area contributed by atoms with Crippen molar-refractivity contribution in [3.05, 3.63) is 11.3 Å². The van der Waals surface area contributed by atoms with Crippen LogP contribution in [0.1, 0.15) is 30.1 Å². The number of likely N-dealkylation sites (N-methyl/N-ethyl adjacent to an activating group) is 1. The molecule has 0 radical (unpaired) electrons. The molecule has 1 aromatic rings. The second-order valence-corrected chi connectivity index (χ2v) is 4.61. The van der Waals surface area contributed by atoms with Crippen molar-refractivity contribution in [3.8, 4) is 5.88 Å². The predicted molar refractivity (Wildman–Crippen MR) is 57.0 cm³/mol. The molecule has 2 aliphatic heterocycles. The lowest BCUT2D eigenvalue weighted by molar-refractivity contribution is 0.217. The Morgan fingerprint density at radius 1 is 1.33 bits per heavy atom. The highest BCUT2D eigenvalue weighted by Gasteiger charge is 2.41. The van der Waals surface area contributed by atoms with E-state index in [0.717, 1.165) is 12.3 Å². The second kappa shape index (κ2) is 2.98. The Hall–Kier alpha value is -1.03. The zero-order chi connectivity index (χ0) is 10.6. The van der Waals surface area contributed by atoms with Crippen molar-refractivity contribution < 1.29 is 4.74 Å². The highest BCUT2D eigenvalue weighted by atomic mass is 16.5. The van der Waals surface area contributed by atoms with Crippen LogP contribution in [0.3, 0.4) is 0 Å². The smallest absolute Gasteiger partial charge is 0.237 e. The van der Waals surface area contributed by atoms with Crippen LogP contribution in [-0.2, 0) is 13.5 Å². The van der Waals surface area contributed by atoms with Crippen LogP contribution in [0.15, 0.2) is 0 Å². The molecule has 0 spiro atoms. The number of ether oxygens (including phenoxy) is 1. The normalized spacial score (nSPS) is 29.3. The van der Waals surface area contributed by atoms with E-state index in [1.54, 1.807) is 7.11 Å². The molecular weight excluding hydrogens is 190 g/mol. The summed E-state index contributed by atoms with van der Waals surface area (Å²) in [6, 6.07) is 1.24. The topological polar surface area (TPSA) is 30.3 Å². The Kier molecular flexibility index (Phi) is 1.83. The summed E-state index contributed by atoms with van der Waals surface area (Å²) < 4.78 is 7.37. The van der Waals surface area contributed by atoms with Crippen molar-refractivity contribution in [2.45, 2.75) is 31.3 Å². The van der Waals surface area contributed by atoms with Crippen LogP contribution < -0.4 is 4.74 Å². The molecule has 1 aromatic heterocycles. The minimum atomic E-state index is 0.530. The molecule has 4 nitrogen and oxygen atoms in total. The summed E-state index contributed by atoms with van der Waals surface area (Å²) in [5.74, 6) is 0.824. The summed E-state index contributed by atoms with van der Waals surface area (Å²) >= 11 is 0. The van der Waals surface area contributed by atoms with Gasteiger partial charge in [-0.2, -0.15) is 0 Å². The fourth-order valence-corrected chi connectivity index (χ4v) is 3.11. The Labute approximate surface area is 89.8 Å². The van der Waals surface area contributed by atoms with Gasteiger partial charge in [0.05, 0.1) is 12.7 Å². The fraction of sp³-hybridized carbons (Fsp3) is 0.727. The van der Waals surface area contributed by atoms with E-state index in [4.69, 9.17) is 4.74 Å². The molecule has 2 aliphatic rings. The van der Waals surface area contributed by atoms with E-state index in [1.807, 2.05) is 11.7 Å². The molecule has 15 heavy (non-hydrogen) atoms. The summed E-state index contributed by atoms with van der Waals surface area (Å²) in [6.07, 6.45) is 3.67. The minimum Gasteiger partial charge on any atom is -0.480 e. The van der Waals surface area contributed by atoms with E-state index in [1.165, 1.54) is 24.1 Å². The minimum absolute atomic E-state index is 0.530. The van der Waals surface area contributed by atoms with Gasteiger partial charge in [0, 0.05) is 31.2 Å². The first-order valence-electron chi connectivity index (χ1n) is 5.54. The van der Waals surface area contributed by atoms with Gasteiger partial charge < -0.3 is 4.74 Å². The molecule has 0 aliphatic carbocycles. The van der Waals surface area contributed by atoms with Crippen LogP contribution in [0.4, 0.5) is 0 Å². The van der Waals surface area contributed by atoms with Gasteiger partial charge in [-0.25, -0.2) is 0 Å². The molecule has 2 atom stereocenters. The number of fused-ring (bicyclic) bond motifs is 4. The van der Waals surface area contributed by atoms with Crippen LogP contribution in [0.25, 0.3) is 0 Å². The number of methoxy groups -OCH3 is 1. The second-order valence-electron chi connectivity index (χ2n) is 4.61. The van der Waals surface area contributed by atoms with E-state index in [-0.39, 0.29) is 0 Å². The van der Waals surface area contributed by atoms with Crippen LogP contribution in [0.2, 0.25) is 0 Å². The maximum Gasteiger partial charge on any atom is 0.237 e. The zero-order valence-corrected chi connectivity index (χ0v) is 9.53. The van der Waals surface area contributed by atoms with E-state index in [0.29, 0.717) is 12.1 Å². The summed E-state index contributed by atoms with van der Waals surface area (Å²) in [6.45, 7) is 0. The number of nitrogens with zero attached hydrogens (tertiary/aromatic N) is 3. The van der Waals surface area contributed by atoms with E-state index in [2.05, 4.69) is 17.0 Å². The van der Waals surface area contributed by atoms with Gasteiger partial charge in [0.25, 0.3) is 0 Å². The molecule has 0 saturated carbocycles. The van der Waals surface area contributed by atoms with Gasteiger partial charge in [-0.1, -0.05) is 0 Å². The molecule has 1 saturated heterocycles. The highest BCUT2D eigenvalue weighted by molar-refractivity contribution is 5.38. The van der Waals surface area contributed by atoms with Gasteiger partial charge in [0.1, 0.15) is 0 Å². The molecule has 0 aromatic carbocycles. The fourth-order valence-electron chi connectivity index (χ4n) is 3.11. The SMILES string of the molecule is COc1nn(C)c2c1C1CCC(C2)N1C. The van der Waals surface area contributed by atoms with Crippen LogP contribution in [-0.4, -0.2) is 34.9 Å². The summed E-state index contributed by atoms with van der Waals surface area (Å²) in [5.41, 5.74) is 2.70. The van der Waals surface area contributed by atoms with Gasteiger partial charge >= 0.3 is 0 Å². The molecule has 4 heteroatoms. The van der Waals surface area contributed by atoms with Crippen molar-refractivity contribution in [3.63, 3.8) is 0 Å². The Morgan fingerprint density at radius 2 is 2.13 bits per heavy atom. The predicted octanol–water partition coefficient (Wildman–Crippen LogP) is 1.12. The summed E-state index contributed by atoms with van der Waals surface area (Å²) in [5, 5.41) is 4.43. The van der Waals surface area contributed by atoms with Crippen molar-refractivity contribution >= 4 is 0 Å². The van der Waals surface area contributed by atoms with Gasteiger partial charge in [-0.05, 0) is 19.9 Å². The van der Waals surface area contributed by atoms with Crippen molar-refractivity contribution in [1.82, 2.24) is 14.7 Å². The third-order valence-corrected chi connectivity index (χ3v) is 3.97. The first-order chi connectivity index (χ1) is 7.22. The van der Waals surface area contributed by atoms with Crippen molar-refractivity contribution in [1.29, 1.82) is 0 Å². The highest BCUT2D eigenvalue weighted by Crippen LogP contribution is 2.45. The number of hydrogen-bond donors (Lipinski definition) is 0. The van der Waals surface area contributed by atoms with Gasteiger partial charge in [-0.3, -0.25) is 9.58 Å². The average molecular weight is 207 g/mol. The Morgan fingerprint density at radius 3 is 2.87 bits per heavy atom. The largest absolute Gasteiger partial charge is 0.480 e. The van der Waals surface area contributed by atoms with E-state index in [9.17, 15) is 0 Å². The van der Waals surface area contributed by atoms with Crippen molar-refractivity contribution in [2.24, 2.45) is 7.05 Å². The molecule has 3 rings (SSSR count). The van der Waals surface area contributed by atoms with Gasteiger partial charge in [-0.15, -0.1) is 5.10 Å². The van der Waals surface area contributed by atoms with E-state index >= 15 is 0 Å². The first kappa shape index (κ1) is 9.21. The number of hydrogen-bond acceptors (Lipinski definition) is 3. The standard InChI is InChI=1S/C11H17N3O/c1-13-7-4-5-8(13)10-9(6-7)14(2)12-11(10)15-3/h7-8H,4-6H2,1-3H3. The monoisotopic (exact) mass is 207 g/mol. The summed E-state index contributed by atoms with van der Waals surface area (Å²) in [4.78, 5) is 2.48. The lowest BCUT2D eigenvalue weighted by atomic mass is 10.0. The summed E-state index contributed by atoms with van der Waals surface area (Å²) in [7, 11) is 5.95. The molecule has 2 unspecified atom stereocenters. The number of aromatic nitrogens is 2. The quantitative estimate of drug-likeness (QED) is 0.691. The third kappa shape index (κ3) is 1.08. The Balaban J connectivity index is 2.15. The molecule has 0 N–H and O–H groups in total. The molecule has 1 fully saturated rings. The molecule has 82 valence electrons. The van der Waals surface area contributed by atoms with Gasteiger partial charge in [0.2, 0.25) is 5.88 Å². The van der Waals surface area contributed by atoms with Crippen LogP contribution in [0.5, 0.6) is 5.88 Å². The zero-order valence-electron chi connectivity index (χ0n) is 9.53. The van der Waals surface area contributed by atoms with Gasteiger partial charge in [0.15, 0.2) is 0 Å². The molecule has 3 heterocycles. The Bertz CT molecular complexity index is 399. The van der Waals surface area contributed by atoms with Crippen molar-refractivity contribution in [2.75, 3.05) is 14.2 Å². The third-order valence-electron chi connectivity index (χ3n) is 3.97. The van der Waals surface area contributed by atoms with Crippen LogP contribution in [0, 0.1) is 0 Å². The maximum absolute atomic E-state index is 5.37. The number of rotatable bonds is 1. The lowest BCUT2D eigenvalue weighted by Crippen LogP contribution is -2.34. The van der Waals surface area contributed by atoms with E-state index < -0.39 is 0 Å². The lowest BCUT2D eigenvalue weighted by Gasteiger charge is -2.31. The maximum atomic E-state index is 5.37. The van der Waals surface area contributed by atoms with Crippen LogP contribution >= 0.6 is 0 Å². The molecule has 2 bridgehead atoms. The molecular formula is C11H17N3O. The average Bonchev–Trinajstić information content (AvgIpc) is 2.65. The number of aryl methyl sites for hydroxylation is 1.